The molecule has 0 spiro atoms. The van der Waals surface area contributed by atoms with Gasteiger partial charge in [-0.3, -0.25) is 9.69 Å². The zero-order valence-electron chi connectivity index (χ0n) is 14.6. The second-order valence-electron chi connectivity index (χ2n) is 7.93. The van der Waals surface area contributed by atoms with Crippen LogP contribution in [-0.4, -0.2) is 60.0 Å². The molecule has 4 atom stereocenters. The van der Waals surface area contributed by atoms with Gasteiger partial charge in [0.1, 0.15) is 0 Å². The van der Waals surface area contributed by atoms with Crippen LogP contribution in [-0.2, 0) is 4.79 Å². The Kier molecular flexibility index (Phi) is 7.66. The van der Waals surface area contributed by atoms with E-state index in [0.29, 0.717) is 18.0 Å². The van der Waals surface area contributed by atoms with Gasteiger partial charge in [0.05, 0.1) is 6.04 Å². The van der Waals surface area contributed by atoms with Crippen molar-refractivity contribution in [3.8, 4) is 0 Å². The highest BCUT2D eigenvalue weighted by Gasteiger charge is 2.40. The van der Waals surface area contributed by atoms with Gasteiger partial charge in [0.2, 0.25) is 5.91 Å². The van der Waals surface area contributed by atoms with E-state index in [1.165, 1.54) is 64.5 Å². The van der Waals surface area contributed by atoms with E-state index < -0.39 is 0 Å². The van der Waals surface area contributed by atoms with Crippen molar-refractivity contribution in [2.24, 2.45) is 5.92 Å². The molecule has 3 heterocycles. The maximum atomic E-state index is 12.9. The van der Waals surface area contributed by atoms with Crippen LogP contribution in [0.1, 0.15) is 57.8 Å². The Labute approximate surface area is 158 Å². The van der Waals surface area contributed by atoms with Gasteiger partial charge >= 0.3 is 0 Å². The molecule has 4 aliphatic rings. The Bertz CT molecular complexity index is 403. The summed E-state index contributed by atoms with van der Waals surface area (Å²) in [5, 5.41) is 3.67. The van der Waals surface area contributed by atoms with Crippen molar-refractivity contribution in [3.63, 3.8) is 0 Å². The average Bonchev–Trinajstić information content (AvgIpc) is 3.23. The summed E-state index contributed by atoms with van der Waals surface area (Å²) in [6, 6.07) is 1.37. The van der Waals surface area contributed by atoms with E-state index in [0.717, 1.165) is 25.4 Å². The summed E-state index contributed by atoms with van der Waals surface area (Å²) in [7, 11) is 0. The van der Waals surface area contributed by atoms with E-state index >= 15 is 0 Å². The lowest BCUT2D eigenvalue weighted by atomic mass is 9.85. The van der Waals surface area contributed by atoms with Gasteiger partial charge in [-0.05, 0) is 64.0 Å². The summed E-state index contributed by atoms with van der Waals surface area (Å²) in [6.45, 7) is 4.46. The molecule has 0 radical (unpaired) electrons. The standard InChI is InChI=1S/C18H31N3O.2ClH/c22-18(17-12-14-6-1-2-8-16(14)19-17)21-11-5-7-15(13-21)20-9-3-4-10-20;;/h14-17,19H,1-13H2;2*1H. The number of carbonyl (C=O) groups is 1. The predicted molar refractivity (Wildman–Crippen MR) is 102 cm³/mol. The summed E-state index contributed by atoms with van der Waals surface area (Å²) in [6.07, 6.45) is 11.6. The molecule has 1 saturated carbocycles. The minimum absolute atomic E-state index is 0. The maximum absolute atomic E-state index is 12.9. The smallest absolute Gasteiger partial charge is 0.239 e. The molecule has 4 fully saturated rings. The molecule has 0 aromatic carbocycles. The van der Waals surface area contributed by atoms with Crippen molar-refractivity contribution in [3.05, 3.63) is 0 Å². The number of piperidine rings is 1. The lowest BCUT2D eigenvalue weighted by Crippen LogP contribution is -2.53. The molecule has 24 heavy (non-hydrogen) atoms. The normalized spacial score (nSPS) is 36.6. The highest BCUT2D eigenvalue weighted by Crippen LogP contribution is 2.34. The Morgan fingerprint density at radius 2 is 1.62 bits per heavy atom. The van der Waals surface area contributed by atoms with Gasteiger partial charge < -0.3 is 10.2 Å². The third kappa shape index (κ3) is 4.20. The average molecular weight is 378 g/mol. The number of nitrogens with one attached hydrogen (secondary N) is 1. The first-order valence-corrected chi connectivity index (χ1v) is 9.60. The maximum Gasteiger partial charge on any atom is 0.239 e. The molecule has 1 aliphatic carbocycles. The van der Waals surface area contributed by atoms with Crippen LogP contribution in [0.5, 0.6) is 0 Å². The summed E-state index contributed by atoms with van der Waals surface area (Å²) in [5.74, 6) is 1.17. The molecular weight excluding hydrogens is 345 g/mol. The van der Waals surface area contributed by atoms with Crippen molar-refractivity contribution in [2.75, 3.05) is 26.2 Å². The van der Waals surface area contributed by atoms with E-state index in [4.69, 9.17) is 0 Å². The lowest BCUT2D eigenvalue weighted by Gasteiger charge is -2.38. The Balaban J connectivity index is 0.00000104. The fourth-order valence-electron chi connectivity index (χ4n) is 5.29. The second-order valence-corrected chi connectivity index (χ2v) is 7.93. The first-order valence-electron chi connectivity index (χ1n) is 9.60. The minimum Gasteiger partial charge on any atom is -0.340 e. The second kappa shape index (κ2) is 9.07. The summed E-state index contributed by atoms with van der Waals surface area (Å²) in [4.78, 5) is 17.8. The molecule has 4 nitrogen and oxygen atoms in total. The number of hydrogen-bond donors (Lipinski definition) is 1. The SMILES string of the molecule is Cl.Cl.O=C(C1CC2CCCCC2N1)N1CCCC(N2CCCC2)C1. The van der Waals surface area contributed by atoms with Crippen molar-refractivity contribution in [1.82, 2.24) is 15.1 Å². The van der Waals surface area contributed by atoms with Gasteiger partial charge in [-0.1, -0.05) is 12.8 Å². The fourth-order valence-corrected chi connectivity index (χ4v) is 5.29. The van der Waals surface area contributed by atoms with E-state index in [2.05, 4.69) is 15.1 Å². The Morgan fingerprint density at radius 1 is 0.875 bits per heavy atom. The zero-order valence-corrected chi connectivity index (χ0v) is 16.3. The molecule has 4 rings (SSSR count). The molecule has 6 heteroatoms. The van der Waals surface area contributed by atoms with Crippen LogP contribution in [0, 0.1) is 5.92 Å². The van der Waals surface area contributed by atoms with Crippen LogP contribution in [0.2, 0.25) is 0 Å². The monoisotopic (exact) mass is 377 g/mol. The molecule has 1 N–H and O–H groups in total. The molecule has 140 valence electrons. The predicted octanol–water partition coefficient (Wildman–Crippen LogP) is 2.84. The van der Waals surface area contributed by atoms with Gasteiger partial charge in [-0.15, -0.1) is 24.8 Å². The number of rotatable bonds is 2. The number of amides is 1. The molecular formula is C18H33Cl2N3O. The highest BCUT2D eigenvalue weighted by atomic mass is 35.5. The van der Waals surface area contributed by atoms with Crippen LogP contribution >= 0.6 is 24.8 Å². The third-order valence-corrected chi connectivity index (χ3v) is 6.53. The summed E-state index contributed by atoms with van der Waals surface area (Å²) in [5.41, 5.74) is 0. The van der Waals surface area contributed by atoms with E-state index in [-0.39, 0.29) is 30.9 Å². The first-order chi connectivity index (χ1) is 10.8. The van der Waals surface area contributed by atoms with Crippen molar-refractivity contribution in [2.45, 2.75) is 75.9 Å². The van der Waals surface area contributed by atoms with Gasteiger partial charge in [0.15, 0.2) is 0 Å². The van der Waals surface area contributed by atoms with Crippen LogP contribution in [0.4, 0.5) is 0 Å². The fraction of sp³-hybridized carbons (Fsp3) is 0.944. The van der Waals surface area contributed by atoms with Gasteiger partial charge in [-0.25, -0.2) is 0 Å². The number of nitrogens with zero attached hydrogens (tertiary/aromatic N) is 2. The van der Waals surface area contributed by atoms with Crippen LogP contribution in [0.25, 0.3) is 0 Å². The van der Waals surface area contributed by atoms with Gasteiger partial charge in [0.25, 0.3) is 0 Å². The number of fused-ring (bicyclic) bond motifs is 1. The first kappa shape index (κ1) is 20.3. The number of likely N-dealkylation sites (tertiary alicyclic amines) is 2. The minimum atomic E-state index is 0. The van der Waals surface area contributed by atoms with Crippen molar-refractivity contribution >= 4 is 30.7 Å². The zero-order chi connectivity index (χ0) is 14.9. The van der Waals surface area contributed by atoms with Crippen molar-refractivity contribution < 1.29 is 4.79 Å². The molecule has 3 aliphatic heterocycles. The summed E-state index contributed by atoms with van der Waals surface area (Å²) >= 11 is 0. The van der Waals surface area contributed by atoms with Crippen LogP contribution in [0.15, 0.2) is 0 Å². The highest BCUT2D eigenvalue weighted by molar-refractivity contribution is 5.85. The largest absolute Gasteiger partial charge is 0.340 e. The number of halogens is 2. The van der Waals surface area contributed by atoms with Crippen LogP contribution in [0.3, 0.4) is 0 Å². The Morgan fingerprint density at radius 3 is 2.38 bits per heavy atom. The van der Waals surface area contributed by atoms with Crippen LogP contribution < -0.4 is 5.32 Å². The lowest BCUT2D eigenvalue weighted by molar-refractivity contribution is -0.135. The quantitative estimate of drug-likeness (QED) is 0.803. The third-order valence-electron chi connectivity index (χ3n) is 6.53. The van der Waals surface area contributed by atoms with Gasteiger partial charge in [-0.2, -0.15) is 0 Å². The van der Waals surface area contributed by atoms with Crippen molar-refractivity contribution in [1.29, 1.82) is 0 Å². The molecule has 4 unspecified atom stereocenters. The number of carbonyl (C=O) groups excluding carboxylic acids is 1. The number of hydrogen-bond acceptors (Lipinski definition) is 3. The van der Waals surface area contributed by atoms with E-state index in [9.17, 15) is 4.79 Å². The molecule has 0 aromatic heterocycles. The van der Waals surface area contributed by atoms with E-state index in [1.807, 2.05) is 0 Å². The molecule has 1 amide bonds. The summed E-state index contributed by atoms with van der Waals surface area (Å²) < 4.78 is 0. The van der Waals surface area contributed by atoms with Gasteiger partial charge in [0, 0.05) is 25.2 Å². The van der Waals surface area contributed by atoms with E-state index in [1.54, 1.807) is 0 Å². The molecule has 0 aromatic rings. The molecule has 3 saturated heterocycles. The Hall–Kier alpha value is -0.0300. The topological polar surface area (TPSA) is 35.6 Å². The molecule has 0 bridgehead atoms.